The first kappa shape index (κ1) is 16.4. The number of hydrogen-bond acceptors (Lipinski definition) is 2. The summed E-state index contributed by atoms with van der Waals surface area (Å²) in [5.41, 5.74) is 4.22. The van der Waals surface area contributed by atoms with Gasteiger partial charge in [0.15, 0.2) is 0 Å². The van der Waals surface area contributed by atoms with Crippen molar-refractivity contribution in [2.75, 3.05) is 6.61 Å². The van der Waals surface area contributed by atoms with Crippen LogP contribution in [-0.2, 0) is 0 Å². The number of aromatic nitrogens is 2. The Hall–Kier alpha value is -3.07. The molecule has 0 aliphatic carbocycles. The van der Waals surface area contributed by atoms with Crippen molar-refractivity contribution >= 4 is 11.0 Å². The van der Waals surface area contributed by atoms with Crippen LogP contribution in [0.25, 0.3) is 28.1 Å². The smallest absolute Gasteiger partial charge is 0.145 e. The highest BCUT2D eigenvalue weighted by atomic mass is 16.5. The van der Waals surface area contributed by atoms with Gasteiger partial charge in [-0.15, -0.1) is 0 Å². The maximum absolute atomic E-state index is 5.92. The van der Waals surface area contributed by atoms with Gasteiger partial charge in [-0.25, -0.2) is 4.98 Å². The molecule has 0 saturated carbocycles. The van der Waals surface area contributed by atoms with E-state index < -0.39 is 0 Å². The highest BCUT2D eigenvalue weighted by Crippen LogP contribution is 2.30. The summed E-state index contributed by atoms with van der Waals surface area (Å²) in [7, 11) is 0. The summed E-state index contributed by atoms with van der Waals surface area (Å²) in [6, 6.07) is 26.8. The third-order valence-corrected chi connectivity index (χ3v) is 4.44. The second-order valence-electron chi connectivity index (χ2n) is 6.32. The van der Waals surface area contributed by atoms with Gasteiger partial charge < -0.3 is 4.74 Å². The largest absolute Gasteiger partial charge is 0.494 e. The van der Waals surface area contributed by atoms with Crippen LogP contribution in [0.5, 0.6) is 5.75 Å². The Morgan fingerprint density at radius 2 is 1.62 bits per heavy atom. The molecule has 0 N–H and O–H groups in total. The summed E-state index contributed by atoms with van der Waals surface area (Å²) in [6.45, 7) is 2.91. The Bertz CT molecular complexity index is 991. The molecule has 0 saturated heterocycles. The number of unbranched alkanes of at least 4 members (excludes halogenated alkanes) is 1. The van der Waals surface area contributed by atoms with Crippen molar-refractivity contribution in [1.29, 1.82) is 0 Å². The number of hydrogen-bond donors (Lipinski definition) is 0. The van der Waals surface area contributed by atoms with Gasteiger partial charge in [0.05, 0.1) is 17.6 Å². The molecule has 0 aliphatic heterocycles. The van der Waals surface area contributed by atoms with Crippen molar-refractivity contribution in [3.63, 3.8) is 0 Å². The molecule has 0 radical (unpaired) electrons. The summed E-state index contributed by atoms with van der Waals surface area (Å²) >= 11 is 0. The fraction of sp³-hybridized carbons (Fsp3) is 0.174. The van der Waals surface area contributed by atoms with Crippen molar-refractivity contribution in [3.05, 3.63) is 78.9 Å². The predicted octanol–water partition coefficient (Wildman–Crippen LogP) is 5.87. The van der Waals surface area contributed by atoms with Crippen molar-refractivity contribution < 1.29 is 4.74 Å². The minimum absolute atomic E-state index is 0.743. The van der Waals surface area contributed by atoms with E-state index in [2.05, 4.69) is 54.0 Å². The summed E-state index contributed by atoms with van der Waals surface area (Å²) in [5.74, 6) is 1.83. The minimum atomic E-state index is 0.743. The number of benzene rings is 3. The average Bonchev–Trinajstić information content (AvgIpc) is 3.08. The third-order valence-electron chi connectivity index (χ3n) is 4.44. The van der Waals surface area contributed by atoms with Crippen molar-refractivity contribution in [1.82, 2.24) is 9.55 Å². The van der Waals surface area contributed by atoms with Crippen LogP contribution in [-0.4, -0.2) is 16.2 Å². The molecular weight excluding hydrogens is 320 g/mol. The van der Waals surface area contributed by atoms with E-state index in [0.29, 0.717) is 0 Å². The molecule has 26 heavy (non-hydrogen) atoms. The van der Waals surface area contributed by atoms with E-state index >= 15 is 0 Å². The number of fused-ring (bicyclic) bond motifs is 1. The number of rotatable bonds is 6. The van der Waals surface area contributed by atoms with E-state index in [1.807, 2.05) is 36.4 Å². The van der Waals surface area contributed by atoms with E-state index in [1.54, 1.807) is 0 Å². The Kier molecular flexibility index (Phi) is 4.69. The molecule has 4 aromatic rings. The van der Waals surface area contributed by atoms with Crippen LogP contribution in [0.2, 0.25) is 0 Å². The lowest BCUT2D eigenvalue weighted by molar-refractivity contribution is 0.309. The van der Waals surface area contributed by atoms with Gasteiger partial charge in [-0.05, 0) is 30.7 Å². The van der Waals surface area contributed by atoms with E-state index in [-0.39, 0.29) is 0 Å². The SMILES string of the molecule is CCCCOc1ccc2nc(-c3ccccc3)n(-c3ccccc3)c2c1. The van der Waals surface area contributed by atoms with Crippen LogP contribution < -0.4 is 4.74 Å². The first-order valence-corrected chi connectivity index (χ1v) is 9.13. The molecule has 1 aromatic heterocycles. The highest BCUT2D eigenvalue weighted by molar-refractivity contribution is 5.84. The molecule has 0 fully saturated rings. The number of nitrogens with zero attached hydrogens (tertiary/aromatic N) is 2. The molecule has 3 aromatic carbocycles. The lowest BCUT2D eigenvalue weighted by Gasteiger charge is -2.10. The summed E-state index contributed by atoms with van der Waals surface area (Å²) < 4.78 is 8.12. The molecule has 0 atom stereocenters. The van der Waals surface area contributed by atoms with Gasteiger partial charge in [-0.2, -0.15) is 0 Å². The Morgan fingerprint density at radius 1 is 0.885 bits per heavy atom. The number of ether oxygens (including phenoxy) is 1. The van der Waals surface area contributed by atoms with Crippen molar-refractivity contribution in [2.24, 2.45) is 0 Å². The van der Waals surface area contributed by atoms with Gasteiger partial charge in [-0.3, -0.25) is 4.57 Å². The fourth-order valence-corrected chi connectivity index (χ4v) is 3.10. The normalized spacial score (nSPS) is 11.0. The predicted molar refractivity (Wildman–Crippen MR) is 107 cm³/mol. The van der Waals surface area contributed by atoms with Crippen molar-refractivity contribution in [2.45, 2.75) is 19.8 Å². The van der Waals surface area contributed by atoms with E-state index in [1.165, 1.54) is 0 Å². The topological polar surface area (TPSA) is 27.1 Å². The lowest BCUT2D eigenvalue weighted by atomic mass is 10.2. The zero-order valence-electron chi connectivity index (χ0n) is 14.9. The maximum Gasteiger partial charge on any atom is 0.145 e. The van der Waals surface area contributed by atoms with Crippen LogP contribution in [0, 0.1) is 0 Å². The molecule has 0 aliphatic rings. The van der Waals surface area contributed by atoms with Gasteiger partial charge in [0.1, 0.15) is 11.6 Å². The molecule has 1 heterocycles. The molecule has 4 rings (SSSR count). The molecule has 130 valence electrons. The molecular formula is C23H22N2O. The molecule has 0 bridgehead atoms. The average molecular weight is 342 g/mol. The van der Waals surface area contributed by atoms with Gasteiger partial charge in [0.2, 0.25) is 0 Å². The quantitative estimate of drug-likeness (QED) is 0.410. The fourth-order valence-electron chi connectivity index (χ4n) is 3.10. The summed E-state index contributed by atoms with van der Waals surface area (Å²) in [4.78, 5) is 4.90. The van der Waals surface area contributed by atoms with Crippen LogP contribution in [0.4, 0.5) is 0 Å². The van der Waals surface area contributed by atoms with E-state index in [0.717, 1.165) is 53.3 Å². The van der Waals surface area contributed by atoms with Gasteiger partial charge in [-0.1, -0.05) is 61.9 Å². The summed E-state index contributed by atoms with van der Waals surface area (Å²) in [6.07, 6.45) is 2.19. The van der Waals surface area contributed by atoms with E-state index in [9.17, 15) is 0 Å². The second kappa shape index (κ2) is 7.44. The van der Waals surface area contributed by atoms with Crippen LogP contribution in [0.1, 0.15) is 19.8 Å². The zero-order valence-corrected chi connectivity index (χ0v) is 14.9. The zero-order chi connectivity index (χ0) is 17.8. The lowest BCUT2D eigenvalue weighted by Crippen LogP contribution is -1.98. The maximum atomic E-state index is 5.92. The monoisotopic (exact) mass is 342 g/mol. The molecule has 3 heteroatoms. The first-order valence-electron chi connectivity index (χ1n) is 9.13. The number of para-hydroxylation sites is 1. The number of imidazole rings is 1. The summed E-state index contributed by atoms with van der Waals surface area (Å²) in [5, 5.41) is 0. The molecule has 0 spiro atoms. The minimum Gasteiger partial charge on any atom is -0.494 e. The molecule has 0 amide bonds. The Labute approximate surface area is 153 Å². The second-order valence-corrected chi connectivity index (χ2v) is 6.32. The Morgan fingerprint density at radius 3 is 2.35 bits per heavy atom. The van der Waals surface area contributed by atoms with Gasteiger partial charge >= 0.3 is 0 Å². The standard InChI is InChI=1S/C23H22N2O/c1-2-3-16-26-20-14-15-21-22(17-20)25(19-12-8-5-9-13-19)23(24-21)18-10-6-4-7-11-18/h4-15,17H,2-3,16H2,1H3. The molecule has 3 nitrogen and oxygen atoms in total. The van der Waals surface area contributed by atoms with Gasteiger partial charge in [0.25, 0.3) is 0 Å². The van der Waals surface area contributed by atoms with Gasteiger partial charge in [0, 0.05) is 17.3 Å². The van der Waals surface area contributed by atoms with E-state index in [4.69, 9.17) is 9.72 Å². The van der Waals surface area contributed by atoms with Crippen LogP contribution in [0.15, 0.2) is 78.9 Å². The molecule has 0 unspecified atom stereocenters. The van der Waals surface area contributed by atoms with Crippen molar-refractivity contribution in [3.8, 4) is 22.8 Å². The third kappa shape index (κ3) is 3.21. The first-order chi connectivity index (χ1) is 12.9. The van der Waals surface area contributed by atoms with Crippen LogP contribution in [0.3, 0.4) is 0 Å². The van der Waals surface area contributed by atoms with Crippen LogP contribution >= 0.6 is 0 Å². The highest BCUT2D eigenvalue weighted by Gasteiger charge is 2.14. The Balaban J connectivity index is 1.88.